The van der Waals surface area contributed by atoms with Crippen LogP contribution in [-0.4, -0.2) is 53.0 Å². The summed E-state index contributed by atoms with van der Waals surface area (Å²) in [6.07, 6.45) is 3.81. The molecule has 1 atom stereocenters. The molecule has 1 saturated heterocycles. The van der Waals surface area contributed by atoms with Gasteiger partial charge in [-0.2, -0.15) is 0 Å². The van der Waals surface area contributed by atoms with Gasteiger partial charge in [-0.25, -0.2) is 0 Å². The summed E-state index contributed by atoms with van der Waals surface area (Å²) in [4.78, 5) is 12.8. The van der Waals surface area contributed by atoms with Gasteiger partial charge in [0.2, 0.25) is 0 Å². The first-order chi connectivity index (χ1) is 11.7. The molecule has 0 radical (unpaired) electrons. The Bertz CT molecular complexity index is 816. The molecule has 0 saturated carbocycles. The highest BCUT2D eigenvalue weighted by atomic mass is 15.3. The summed E-state index contributed by atoms with van der Waals surface area (Å²) < 4.78 is 0. The van der Waals surface area contributed by atoms with Crippen molar-refractivity contribution in [1.29, 1.82) is 0 Å². The highest BCUT2D eigenvalue weighted by Crippen LogP contribution is 2.36. The normalized spacial score (nSPS) is 18.1. The standard InChI is InChI=1S/C20H24N4/c1-15-19(17-5-3-4-6-18(17)22-15)20(16-7-9-21-10-8-16)24-13-11-23(2)12-14-24/h3-10,20,22H,11-14H2,1-2H3/t20-/m0/s1. The molecule has 0 amide bonds. The fraction of sp³-hybridized carbons (Fsp3) is 0.350. The van der Waals surface area contributed by atoms with Crippen LogP contribution in [0.1, 0.15) is 22.9 Å². The Labute approximate surface area is 143 Å². The van der Waals surface area contributed by atoms with Crippen molar-refractivity contribution >= 4 is 10.9 Å². The number of likely N-dealkylation sites (N-methyl/N-ethyl adjacent to an activating group) is 1. The molecule has 3 aromatic rings. The number of para-hydroxylation sites is 1. The monoisotopic (exact) mass is 320 g/mol. The van der Waals surface area contributed by atoms with Crippen LogP contribution in [0.15, 0.2) is 48.8 Å². The number of aryl methyl sites for hydroxylation is 1. The van der Waals surface area contributed by atoms with E-state index in [4.69, 9.17) is 0 Å². The van der Waals surface area contributed by atoms with Crippen LogP contribution < -0.4 is 0 Å². The van der Waals surface area contributed by atoms with E-state index in [0.29, 0.717) is 0 Å². The van der Waals surface area contributed by atoms with Gasteiger partial charge in [0.25, 0.3) is 0 Å². The lowest BCUT2D eigenvalue weighted by molar-refractivity contribution is 0.127. The highest BCUT2D eigenvalue weighted by Gasteiger charge is 2.28. The first-order valence-electron chi connectivity index (χ1n) is 8.64. The molecule has 1 N–H and O–H groups in total. The number of aromatic amines is 1. The molecule has 24 heavy (non-hydrogen) atoms. The maximum Gasteiger partial charge on any atom is 0.0627 e. The molecule has 0 bridgehead atoms. The van der Waals surface area contributed by atoms with E-state index in [-0.39, 0.29) is 6.04 Å². The second-order valence-corrected chi connectivity index (χ2v) is 6.73. The predicted octanol–water partition coefficient (Wildman–Crippen LogP) is 3.21. The van der Waals surface area contributed by atoms with Gasteiger partial charge < -0.3 is 9.88 Å². The third kappa shape index (κ3) is 2.72. The summed E-state index contributed by atoms with van der Waals surface area (Å²) in [5, 5.41) is 1.33. The molecule has 1 fully saturated rings. The minimum absolute atomic E-state index is 0.276. The zero-order valence-corrected chi connectivity index (χ0v) is 14.4. The second kappa shape index (κ2) is 6.38. The number of pyridine rings is 1. The number of rotatable bonds is 3. The quantitative estimate of drug-likeness (QED) is 0.805. The van der Waals surface area contributed by atoms with Gasteiger partial charge in [-0.15, -0.1) is 0 Å². The Balaban J connectivity index is 1.84. The molecule has 1 aliphatic heterocycles. The number of H-pyrrole nitrogens is 1. The zero-order chi connectivity index (χ0) is 16.5. The number of hydrogen-bond donors (Lipinski definition) is 1. The number of aromatic nitrogens is 2. The Morgan fingerprint density at radius 2 is 1.71 bits per heavy atom. The van der Waals surface area contributed by atoms with Crippen molar-refractivity contribution in [2.75, 3.05) is 33.2 Å². The number of hydrogen-bond acceptors (Lipinski definition) is 3. The fourth-order valence-corrected chi connectivity index (χ4v) is 3.84. The summed E-state index contributed by atoms with van der Waals surface area (Å²) in [7, 11) is 2.20. The summed E-state index contributed by atoms with van der Waals surface area (Å²) in [5.41, 5.74) is 5.21. The minimum Gasteiger partial charge on any atom is -0.358 e. The smallest absolute Gasteiger partial charge is 0.0627 e. The lowest BCUT2D eigenvalue weighted by Crippen LogP contribution is -2.46. The fourth-order valence-electron chi connectivity index (χ4n) is 3.84. The molecular weight excluding hydrogens is 296 g/mol. The van der Waals surface area contributed by atoms with E-state index >= 15 is 0 Å². The molecule has 0 unspecified atom stereocenters. The van der Waals surface area contributed by atoms with Gasteiger partial charge >= 0.3 is 0 Å². The van der Waals surface area contributed by atoms with Crippen LogP contribution in [0.25, 0.3) is 10.9 Å². The van der Waals surface area contributed by atoms with Crippen molar-refractivity contribution in [2.24, 2.45) is 0 Å². The third-order valence-corrected chi connectivity index (χ3v) is 5.14. The van der Waals surface area contributed by atoms with Gasteiger partial charge in [-0.05, 0) is 37.7 Å². The number of piperazine rings is 1. The first-order valence-corrected chi connectivity index (χ1v) is 8.64. The molecule has 4 nitrogen and oxygen atoms in total. The Morgan fingerprint density at radius 3 is 2.46 bits per heavy atom. The average molecular weight is 320 g/mol. The van der Waals surface area contributed by atoms with Crippen LogP contribution in [0, 0.1) is 6.92 Å². The molecule has 4 rings (SSSR count). The van der Waals surface area contributed by atoms with Crippen molar-refractivity contribution in [3.63, 3.8) is 0 Å². The zero-order valence-electron chi connectivity index (χ0n) is 14.4. The molecule has 3 heterocycles. The van der Waals surface area contributed by atoms with Crippen LogP contribution in [0.4, 0.5) is 0 Å². The SMILES string of the molecule is Cc1[nH]c2ccccc2c1[C@H](c1ccncc1)N1CCN(C)CC1. The van der Waals surface area contributed by atoms with Gasteiger partial charge in [-0.1, -0.05) is 18.2 Å². The maximum absolute atomic E-state index is 4.22. The van der Waals surface area contributed by atoms with Gasteiger partial charge in [0, 0.05) is 60.7 Å². The van der Waals surface area contributed by atoms with Crippen LogP contribution in [0.5, 0.6) is 0 Å². The van der Waals surface area contributed by atoms with Crippen LogP contribution in [-0.2, 0) is 0 Å². The van der Waals surface area contributed by atoms with E-state index in [2.05, 4.69) is 70.1 Å². The summed E-state index contributed by atoms with van der Waals surface area (Å²) in [6, 6.07) is 13.2. The number of benzene rings is 1. The molecule has 0 spiro atoms. The summed E-state index contributed by atoms with van der Waals surface area (Å²) >= 11 is 0. The van der Waals surface area contributed by atoms with Crippen molar-refractivity contribution in [2.45, 2.75) is 13.0 Å². The van der Waals surface area contributed by atoms with E-state index in [0.717, 1.165) is 26.2 Å². The molecule has 2 aromatic heterocycles. The van der Waals surface area contributed by atoms with Crippen molar-refractivity contribution in [1.82, 2.24) is 19.8 Å². The second-order valence-electron chi connectivity index (χ2n) is 6.73. The third-order valence-electron chi connectivity index (χ3n) is 5.14. The molecule has 1 aromatic carbocycles. The molecule has 4 heteroatoms. The van der Waals surface area contributed by atoms with Gasteiger partial charge in [-0.3, -0.25) is 9.88 Å². The van der Waals surface area contributed by atoms with E-state index in [1.807, 2.05) is 12.4 Å². The van der Waals surface area contributed by atoms with Crippen molar-refractivity contribution in [3.8, 4) is 0 Å². The Morgan fingerprint density at radius 1 is 1.00 bits per heavy atom. The van der Waals surface area contributed by atoms with Gasteiger partial charge in [0.1, 0.15) is 0 Å². The highest BCUT2D eigenvalue weighted by molar-refractivity contribution is 5.85. The van der Waals surface area contributed by atoms with E-state index < -0.39 is 0 Å². The topological polar surface area (TPSA) is 35.2 Å². The summed E-state index contributed by atoms with van der Waals surface area (Å²) in [5.74, 6) is 0. The van der Waals surface area contributed by atoms with Crippen LogP contribution >= 0.6 is 0 Å². The minimum atomic E-state index is 0.276. The average Bonchev–Trinajstić information content (AvgIpc) is 2.94. The van der Waals surface area contributed by atoms with E-state index in [1.165, 1.54) is 27.7 Å². The van der Waals surface area contributed by atoms with Gasteiger partial charge in [0.15, 0.2) is 0 Å². The summed E-state index contributed by atoms with van der Waals surface area (Å²) in [6.45, 7) is 6.59. The molecule has 0 aliphatic carbocycles. The number of fused-ring (bicyclic) bond motifs is 1. The van der Waals surface area contributed by atoms with Crippen LogP contribution in [0.3, 0.4) is 0 Å². The molecular formula is C20H24N4. The Hall–Kier alpha value is -2.17. The number of nitrogens with zero attached hydrogens (tertiary/aromatic N) is 3. The Kier molecular flexibility index (Phi) is 4.08. The largest absolute Gasteiger partial charge is 0.358 e. The predicted molar refractivity (Wildman–Crippen MR) is 98.2 cm³/mol. The van der Waals surface area contributed by atoms with E-state index in [9.17, 15) is 0 Å². The molecule has 124 valence electrons. The lowest BCUT2D eigenvalue weighted by Gasteiger charge is -2.38. The van der Waals surface area contributed by atoms with Gasteiger partial charge in [0.05, 0.1) is 6.04 Å². The van der Waals surface area contributed by atoms with E-state index in [1.54, 1.807) is 0 Å². The lowest BCUT2D eigenvalue weighted by atomic mass is 9.94. The number of nitrogens with one attached hydrogen (secondary N) is 1. The van der Waals surface area contributed by atoms with Crippen LogP contribution in [0.2, 0.25) is 0 Å². The first kappa shape index (κ1) is 15.4. The van der Waals surface area contributed by atoms with Crippen molar-refractivity contribution in [3.05, 3.63) is 65.6 Å². The molecule has 1 aliphatic rings. The maximum atomic E-state index is 4.22. The van der Waals surface area contributed by atoms with Crippen molar-refractivity contribution < 1.29 is 0 Å².